The van der Waals surface area contributed by atoms with Crippen LogP contribution in [0.15, 0.2) is 30.5 Å². The second-order valence-electron chi connectivity index (χ2n) is 6.02. The van der Waals surface area contributed by atoms with E-state index >= 15 is 0 Å². The number of alkyl halides is 2. The molecule has 1 aromatic heterocycles. The van der Waals surface area contributed by atoms with Gasteiger partial charge < -0.3 is 9.64 Å². The molecule has 0 saturated heterocycles. The van der Waals surface area contributed by atoms with Crippen LogP contribution >= 0.6 is 11.6 Å². The summed E-state index contributed by atoms with van der Waals surface area (Å²) in [5.74, 6) is 0.245. The Bertz CT molecular complexity index is 814. The first-order valence-corrected chi connectivity index (χ1v) is 8.21. The topological polar surface area (TPSA) is 42.4 Å². The van der Waals surface area contributed by atoms with E-state index in [-0.39, 0.29) is 11.9 Å². The van der Waals surface area contributed by atoms with Crippen LogP contribution in [-0.4, -0.2) is 28.8 Å². The van der Waals surface area contributed by atoms with Crippen LogP contribution in [0.25, 0.3) is 0 Å². The smallest absolute Gasteiger partial charge is 0.272 e. The predicted molar refractivity (Wildman–Crippen MR) is 90.2 cm³/mol. The lowest BCUT2D eigenvalue weighted by atomic mass is 10.0. The highest BCUT2D eigenvalue weighted by molar-refractivity contribution is 6.30. The molecule has 1 unspecified atom stereocenters. The van der Waals surface area contributed by atoms with Crippen molar-refractivity contribution >= 4 is 17.5 Å². The zero-order valence-corrected chi connectivity index (χ0v) is 14.6. The molecule has 0 saturated carbocycles. The molecular weight excluding hydrogens is 350 g/mol. The third-order valence-electron chi connectivity index (χ3n) is 4.22. The summed E-state index contributed by atoms with van der Waals surface area (Å²) in [7, 11) is 0. The molecule has 1 aliphatic heterocycles. The van der Waals surface area contributed by atoms with Crippen LogP contribution in [0.3, 0.4) is 0 Å². The number of halogens is 3. The SMILES string of the molecule is Cc1cc(OCC(F)F)cc(C(C)N2Cc3c(ccnc3Cl)C2=O)c1. The first kappa shape index (κ1) is 17.6. The molecule has 3 rings (SSSR count). The lowest BCUT2D eigenvalue weighted by molar-refractivity contribution is 0.0714. The van der Waals surface area contributed by atoms with Crippen LogP contribution in [0, 0.1) is 6.92 Å². The normalized spacial score (nSPS) is 14.8. The van der Waals surface area contributed by atoms with E-state index in [1.54, 1.807) is 23.1 Å². The average Bonchev–Trinajstić information content (AvgIpc) is 2.90. The number of fused-ring (bicyclic) bond motifs is 1. The molecule has 0 bridgehead atoms. The average molecular weight is 367 g/mol. The van der Waals surface area contributed by atoms with E-state index in [0.717, 1.165) is 11.1 Å². The van der Waals surface area contributed by atoms with E-state index < -0.39 is 13.0 Å². The monoisotopic (exact) mass is 366 g/mol. The molecule has 4 nitrogen and oxygen atoms in total. The summed E-state index contributed by atoms with van der Waals surface area (Å²) in [5, 5.41) is 0.325. The van der Waals surface area contributed by atoms with Gasteiger partial charge in [0.05, 0.1) is 12.6 Å². The highest BCUT2D eigenvalue weighted by atomic mass is 35.5. The molecule has 0 spiro atoms. The van der Waals surface area contributed by atoms with E-state index in [9.17, 15) is 13.6 Å². The molecule has 0 aliphatic carbocycles. The van der Waals surface area contributed by atoms with Crippen LogP contribution in [0.2, 0.25) is 5.15 Å². The van der Waals surface area contributed by atoms with Gasteiger partial charge >= 0.3 is 0 Å². The number of aryl methyl sites for hydroxylation is 1. The van der Waals surface area contributed by atoms with Gasteiger partial charge in [0, 0.05) is 17.3 Å². The number of rotatable bonds is 5. The van der Waals surface area contributed by atoms with E-state index in [1.165, 1.54) is 6.20 Å². The maximum atomic E-state index is 12.7. The fourth-order valence-corrected chi connectivity index (χ4v) is 3.19. The van der Waals surface area contributed by atoms with Gasteiger partial charge in [-0.05, 0) is 43.2 Å². The maximum absolute atomic E-state index is 12.7. The van der Waals surface area contributed by atoms with E-state index in [4.69, 9.17) is 16.3 Å². The second-order valence-corrected chi connectivity index (χ2v) is 6.38. The van der Waals surface area contributed by atoms with E-state index in [0.29, 0.717) is 28.6 Å². The fourth-order valence-electron chi connectivity index (χ4n) is 2.97. The fraction of sp³-hybridized carbons (Fsp3) is 0.333. The quantitative estimate of drug-likeness (QED) is 0.736. The Labute approximate surface area is 149 Å². The van der Waals surface area contributed by atoms with Gasteiger partial charge in [0.1, 0.15) is 17.5 Å². The zero-order chi connectivity index (χ0) is 18.1. The van der Waals surface area contributed by atoms with Crippen molar-refractivity contribution in [2.24, 2.45) is 0 Å². The molecule has 25 heavy (non-hydrogen) atoms. The predicted octanol–water partition coefficient (Wildman–Crippen LogP) is 4.40. The summed E-state index contributed by atoms with van der Waals surface area (Å²) in [4.78, 5) is 18.4. The van der Waals surface area contributed by atoms with E-state index in [1.807, 2.05) is 19.9 Å². The second kappa shape index (κ2) is 6.96. The summed E-state index contributed by atoms with van der Waals surface area (Å²) >= 11 is 6.09. The van der Waals surface area contributed by atoms with Crippen molar-refractivity contribution in [1.82, 2.24) is 9.88 Å². The van der Waals surface area contributed by atoms with Gasteiger partial charge in [0.15, 0.2) is 0 Å². The molecule has 2 heterocycles. The Hall–Kier alpha value is -2.21. The van der Waals surface area contributed by atoms with Crippen molar-refractivity contribution in [1.29, 1.82) is 0 Å². The zero-order valence-electron chi connectivity index (χ0n) is 13.8. The van der Waals surface area contributed by atoms with Gasteiger partial charge in [-0.2, -0.15) is 0 Å². The molecule has 0 radical (unpaired) electrons. The molecule has 0 fully saturated rings. The lowest BCUT2D eigenvalue weighted by Gasteiger charge is -2.25. The lowest BCUT2D eigenvalue weighted by Crippen LogP contribution is -2.27. The van der Waals surface area contributed by atoms with Gasteiger partial charge in [-0.15, -0.1) is 0 Å². The van der Waals surface area contributed by atoms with Gasteiger partial charge in [0.25, 0.3) is 12.3 Å². The number of nitrogens with zero attached hydrogens (tertiary/aromatic N) is 2. The van der Waals surface area contributed by atoms with Crippen molar-refractivity contribution in [3.8, 4) is 5.75 Å². The molecule has 2 aromatic rings. The molecule has 7 heteroatoms. The Kier molecular flexibility index (Phi) is 4.90. The van der Waals surface area contributed by atoms with Crippen LogP contribution in [0.1, 0.15) is 40.0 Å². The summed E-state index contributed by atoms with van der Waals surface area (Å²) < 4.78 is 29.9. The van der Waals surface area contributed by atoms with Gasteiger partial charge in [-0.25, -0.2) is 13.8 Å². The minimum absolute atomic E-state index is 0.122. The number of benzene rings is 1. The largest absolute Gasteiger partial charge is 0.488 e. The van der Waals surface area contributed by atoms with Gasteiger partial charge in [-0.3, -0.25) is 4.79 Å². The molecule has 1 aliphatic rings. The third-order valence-corrected chi connectivity index (χ3v) is 4.55. The van der Waals surface area contributed by atoms with Crippen LogP contribution in [-0.2, 0) is 6.54 Å². The van der Waals surface area contributed by atoms with Crippen LogP contribution in [0.4, 0.5) is 8.78 Å². The number of hydrogen-bond acceptors (Lipinski definition) is 3. The maximum Gasteiger partial charge on any atom is 0.272 e. The van der Waals surface area contributed by atoms with E-state index in [2.05, 4.69) is 4.98 Å². The Morgan fingerprint density at radius 1 is 1.36 bits per heavy atom. The van der Waals surface area contributed by atoms with Crippen molar-refractivity contribution in [2.45, 2.75) is 32.9 Å². The number of carbonyl (C=O) groups excluding carboxylic acids is 1. The summed E-state index contributed by atoms with van der Waals surface area (Å²) in [6.45, 7) is 3.44. The standard InChI is InChI=1S/C18H17ClF2N2O2/c1-10-5-12(7-13(6-10)25-9-16(20)21)11(2)23-8-15-14(18(23)24)3-4-22-17(15)19/h3-7,11,16H,8-9H2,1-2H3. The number of hydrogen-bond donors (Lipinski definition) is 0. The van der Waals surface area contributed by atoms with Crippen molar-refractivity contribution in [2.75, 3.05) is 6.61 Å². The van der Waals surface area contributed by atoms with Crippen molar-refractivity contribution in [3.63, 3.8) is 0 Å². The number of amides is 1. The minimum Gasteiger partial charge on any atom is -0.488 e. The van der Waals surface area contributed by atoms with Crippen molar-refractivity contribution < 1.29 is 18.3 Å². The van der Waals surface area contributed by atoms with Crippen LogP contribution in [0.5, 0.6) is 5.75 Å². The van der Waals surface area contributed by atoms with Gasteiger partial charge in [0.2, 0.25) is 0 Å². The first-order valence-electron chi connectivity index (χ1n) is 7.83. The number of pyridine rings is 1. The third kappa shape index (κ3) is 3.58. The first-order chi connectivity index (χ1) is 11.9. The molecule has 1 aromatic carbocycles. The highest BCUT2D eigenvalue weighted by Crippen LogP contribution is 2.35. The minimum atomic E-state index is -2.54. The molecule has 1 atom stereocenters. The highest BCUT2D eigenvalue weighted by Gasteiger charge is 2.33. The summed E-state index contributed by atoms with van der Waals surface area (Å²) in [6, 6.07) is 6.69. The molecule has 132 valence electrons. The molecule has 0 N–H and O–H groups in total. The Morgan fingerprint density at radius 2 is 2.12 bits per heavy atom. The van der Waals surface area contributed by atoms with Crippen molar-refractivity contribution in [3.05, 3.63) is 57.9 Å². The Morgan fingerprint density at radius 3 is 2.80 bits per heavy atom. The van der Waals surface area contributed by atoms with Crippen LogP contribution < -0.4 is 4.74 Å². The summed E-state index contributed by atoms with van der Waals surface area (Å²) in [5.41, 5.74) is 2.95. The summed E-state index contributed by atoms with van der Waals surface area (Å²) in [6.07, 6.45) is -1.03. The molecular formula is C18H17ClF2N2O2. The number of ether oxygens (including phenoxy) is 1. The Balaban J connectivity index is 1.85. The van der Waals surface area contributed by atoms with Gasteiger partial charge in [-0.1, -0.05) is 17.7 Å². The number of carbonyl (C=O) groups is 1. The molecule has 1 amide bonds. The number of aromatic nitrogens is 1.